The first-order valence-corrected chi connectivity index (χ1v) is 6.69. The van der Waals surface area contributed by atoms with Crippen molar-refractivity contribution in [2.24, 2.45) is 17.3 Å². The average Bonchev–Trinajstić information content (AvgIpc) is 2.81. The molecular weight excluding hydrogens is 260 g/mol. The molecule has 1 aliphatic carbocycles. The number of rotatable bonds is 5. The lowest BCUT2D eigenvalue weighted by Gasteiger charge is -2.05. The summed E-state index contributed by atoms with van der Waals surface area (Å²) in [5.41, 5.74) is 1.36. The molecule has 0 aliphatic heterocycles. The predicted octanol–water partition coefficient (Wildman–Crippen LogP) is 1.31. The number of carboxylic acids is 1. The summed E-state index contributed by atoms with van der Waals surface area (Å²) >= 11 is 0. The second-order valence-electron chi connectivity index (χ2n) is 5.96. The third kappa shape index (κ3) is 2.42. The number of aromatic nitrogens is 1. The van der Waals surface area contributed by atoms with Crippen molar-refractivity contribution in [3.8, 4) is 0 Å². The molecule has 1 aromatic rings. The van der Waals surface area contributed by atoms with E-state index in [-0.39, 0.29) is 5.91 Å². The SMILES string of the molecule is Cc1noc(C)c1CCNC(=O)[C@@H]1[C@H](C(=O)O)C1(C)C. The summed E-state index contributed by atoms with van der Waals surface area (Å²) in [5, 5.41) is 15.7. The van der Waals surface area contributed by atoms with E-state index in [4.69, 9.17) is 9.63 Å². The largest absolute Gasteiger partial charge is 0.481 e. The molecule has 2 atom stereocenters. The molecule has 2 rings (SSSR count). The van der Waals surface area contributed by atoms with E-state index in [1.807, 2.05) is 27.7 Å². The summed E-state index contributed by atoms with van der Waals surface area (Å²) in [6.45, 7) is 7.77. The molecule has 6 nitrogen and oxygen atoms in total. The van der Waals surface area contributed by atoms with Gasteiger partial charge >= 0.3 is 5.97 Å². The van der Waals surface area contributed by atoms with Crippen molar-refractivity contribution in [1.29, 1.82) is 0 Å². The van der Waals surface area contributed by atoms with Crippen LogP contribution in [0.4, 0.5) is 0 Å². The van der Waals surface area contributed by atoms with Gasteiger partial charge in [-0.2, -0.15) is 0 Å². The predicted molar refractivity (Wildman–Crippen MR) is 71.1 cm³/mol. The van der Waals surface area contributed by atoms with Crippen LogP contribution in [-0.4, -0.2) is 28.7 Å². The number of carbonyl (C=O) groups is 2. The van der Waals surface area contributed by atoms with Crippen molar-refractivity contribution in [2.75, 3.05) is 6.54 Å². The fraction of sp³-hybridized carbons (Fsp3) is 0.643. The highest BCUT2D eigenvalue weighted by atomic mass is 16.5. The van der Waals surface area contributed by atoms with Gasteiger partial charge in [0.25, 0.3) is 0 Å². The van der Waals surface area contributed by atoms with Crippen LogP contribution in [0, 0.1) is 31.1 Å². The third-order valence-corrected chi connectivity index (χ3v) is 4.23. The van der Waals surface area contributed by atoms with E-state index in [9.17, 15) is 9.59 Å². The van der Waals surface area contributed by atoms with Crippen LogP contribution in [-0.2, 0) is 16.0 Å². The summed E-state index contributed by atoms with van der Waals surface area (Å²) in [6, 6.07) is 0. The Bertz CT molecular complexity index is 528. The molecule has 0 spiro atoms. The maximum atomic E-state index is 12.0. The van der Waals surface area contributed by atoms with E-state index in [1.54, 1.807) is 0 Å². The van der Waals surface area contributed by atoms with Gasteiger partial charge < -0.3 is 14.9 Å². The Morgan fingerprint density at radius 2 is 2.00 bits per heavy atom. The molecule has 1 aliphatic rings. The second-order valence-corrected chi connectivity index (χ2v) is 5.96. The number of nitrogens with one attached hydrogen (secondary N) is 1. The number of hydrogen-bond acceptors (Lipinski definition) is 4. The molecule has 1 saturated carbocycles. The van der Waals surface area contributed by atoms with Crippen molar-refractivity contribution in [3.63, 3.8) is 0 Å². The minimum absolute atomic E-state index is 0.186. The van der Waals surface area contributed by atoms with Crippen LogP contribution in [0.25, 0.3) is 0 Å². The normalized spacial score (nSPS) is 23.4. The van der Waals surface area contributed by atoms with Crippen molar-refractivity contribution < 1.29 is 19.2 Å². The van der Waals surface area contributed by atoms with Gasteiger partial charge in [-0.15, -0.1) is 0 Å². The maximum Gasteiger partial charge on any atom is 0.307 e. The zero-order chi connectivity index (χ0) is 15.1. The molecule has 1 amide bonds. The standard InChI is InChI=1S/C14H20N2O4/c1-7-9(8(2)20-16-7)5-6-15-12(17)10-11(13(18)19)14(10,3)4/h10-11H,5-6H2,1-4H3,(H,15,17)(H,18,19)/t10-,11+/m0/s1. The van der Waals surface area contributed by atoms with Gasteiger partial charge in [-0.05, 0) is 25.7 Å². The smallest absolute Gasteiger partial charge is 0.307 e. The van der Waals surface area contributed by atoms with Gasteiger partial charge in [0, 0.05) is 12.1 Å². The molecule has 6 heteroatoms. The lowest BCUT2D eigenvalue weighted by Crippen LogP contribution is -2.29. The van der Waals surface area contributed by atoms with Gasteiger partial charge in [0.1, 0.15) is 5.76 Å². The van der Waals surface area contributed by atoms with Crippen LogP contribution in [0.15, 0.2) is 4.52 Å². The Hall–Kier alpha value is -1.85. The van der Waals surface area contributed by atoms with E-state index in [0.717, 1.165) is 17.0 Å². The van der Waals surface area contributed by atoms with E-state index in [2.05, 4.69) is 10.5 Å². The Labute approximate surface area is 117 Å². The summed E-state index contributed by atoms with van der Waals surface area (Å²) in [5.74, 6) is -1.35. The highest BCUT2D eigenvalue weighted by molar-refractivity contribution is 5.91. The van der Waals surface area contributed by atoms with Crippen LogP contribution in [0.3, 0.4) is 0 Å². The topological polar surface area (TPSA) is 92.4 Å². The molecular formula is C14H20N2O4. The van der Waals surface area contributed by atoms with E-state index >= 15 is 0 Å². The van der Waals surface area contributed by atoms with E-state index < -0.39 is 23.2 Å². The molecule has 1 aromatic heterocycles. The number of hydrogen-bond donors (Lipinski definition) is 2. The molecule has 1 heterocycles. The number of amides is 1. The maximum absolute atomic E-state index is 12.0. The van der Waals surface area contributed by atoms with Gasteiger partial charge in [0.2, 0.25) is 5.91 Å². The summed E-state index contributed by atoms with van der Waals surface area (Å²) in [4.78, 5) is 23.1. The molecule has 0 unspecified atom stereocenters. The number of aliphatic carboxylic acids is 1. The number of carboxylic acid groups (broad SMARTS) is 1. The van der Waals surface area contributed by atoms with Crippen molar-refractivity contribution in [3.05, 3.63) is 17.0 Å². The van der Waals surface area contributed by atoms with Crippen LogP contribution >= 0.6 is 0 Å². The highest BCUT2D eigenvalue weighted by Gasteiger charge is 2.65. The Morgan fingerprint density at radius 3 is 2.45 bits per heavy atom. The van der Waals surface area contributed by atoms with Gasteiger partial charge in [-0.3, -0.25) is 9.59 Å². The van der Waals surface area contributed by atoms with Gasteiger partial charge in [0.15, 0.2) is 0 Å². The van der Waals surface area contributed by atoms with Gasteiger partial charge in [-0.25, -0.2) is 0 Å². The first-order chi connectivity index (χ1) is 9.26. The lowest BCUT2D eigenvalue weighted by molar-refractivity contribution is -0.140. The lowest BCUT2D eigenvalue weighted by atomic mass is 10.1. The van der Waals surface area contributed by atoms with Crippen molar-refractivity contribution in [1.82, 2.24) is 10.5 Å². The molecule has 20 heavy (non-hydrogen) atoms. The molecule has 2 N–H and O–H groups in total. The Balaban J connectivity index is 1.87. The molecule has 0 aromatic carbocycles. The first kappa shape index (κ1) is 14.6. The van der Waals surface area contributed by atoms with Crippen LogP contribution in [0.5, 0.6) is 0 Å². The summed E-state index contributed by atoms with van der Waals surface area (Å²) in [7, 11) is 0. The quantitative estimate of drug-likeness (QED) is 0.848. The fourth-order valence-electron chi connectivity index (χ4n) is 2.87. The van der Waals surface area contributed by atoms with Crippen molar-refractivity contribution in [2.45, 2.75) is 34.1 Å². The number of aryl methyl sites for hydroxylation is 2. The third-order valence-electron chi connectivity index (χ3n) is 4.23. The van der Waals surface area contributed by atoms with Gasteiger partial charge in [-0.1, -0.05) is 19.0 Å². The minimum atomic E-state index is -0.902. The zero-order valence-electron chi connectivity index (χ0n) is 12.2. The Kier molecular flexibility index (Phi) is 3.58. The van der Waals surface area contributed by atoms with E-state index in [1.165, 1.54) is 0 Å². The fourth-order valence-corrected chi connectivity index (χ4v) is 2.87. The highest BCUT2D eigenvalue weighted by Crippen LogP contribution is 2.58. The summed E-state index contributed by atoms with van der Waals surface area (Å²) in [6.07, 6.45) is 0.637. The van der Waals surface area contributed by atoms with Crippen LogP contribution in [0.2, 0.25) is 0 Å². The number of nitrogens with zero attached hydrogens (tertiary/aromatic N) is 1. The minimum Gasteiger partial charge on any atom is -0.481 e. The second kappa shape index (κ2) is 4.92. The molecule has 0 radical (unpaired) electrons. The molecule has 0 saturated heterocycles. The van der Waals surface area contributed by atoms with E-state index in [0.29, 0.717) is 13.0 Å². The summed E-state index contributed by atoms with van der Waals surface area (Å²) < 4.78 is 5.05. The zero-order valence-corrected chi connectivity index (χ0v) is 12.2. The van der Waals surface area contributed by atoms with Crippen LogP contribution < -0.4 is 5.32 Å². The first-order valence-electron chi connectivity index (χ1n) is 6.69. The van der Waals surface area contributed by atoms with Crippen molar-refractivity contribution >= 4 is 11.9 Å². The number of carbonyl (C=O) groups excluding carboxylic acids is 1. The molecule has 1 fully saturated rings. The molecule has 110 valence electrons. The van der Waals surface area contributed by atoms with Gasteiger partial charge in [0.05, 0.1) is 17.5 Å². The average molecular weight is 280 g/mol. The van der Waals surface area contributed by atoms with Crippen LogP contribution in [0.1, 0.15) is 30.9 Å². The monoisotopic (exact) mass is 280 g/mol. The molecule has 0 bridgehead atoms. The Morgan fingerprint density at radius 1 is 1.35 bits per heavy atom.